The molecule has 110 valence electrons. The van der Waals surface area contributed by atoms with E-state index in [1.807, 2.05) is 45.0 Å². The summed E-state index contributed by atoms with van der Waals surface area (Å²) >= 11 is 0. The van der Waals surface area contributed by atoms with Gasteiger partial charge in [0.05, 0.1) is 13.2 Å². The highest BCUT2D eigenvalue weighted by Gasteiger charge is 2.18. The zero-order valence-corrected chi connectivity index (χ0v) is 12.4. The van der Waals surface area contributed by atoms with Gasteiger partial charge in [0, 0.05) is 6.04 Å². The Morgan fingerprint density at radius 3 is 2.15 bits per heavy atom. The van der Waals surface area contributed by atoms with E-state index < -0.39 is 11.8 Å². The molecule has 0 saturated carbocycles. The van der Waals surface area contributed by atoms with E-state index in [4.69, 9.17) is 4.74 Å². The number of amides is 2. The second-order valence-electron chi connectivity index (χ2n) is 4.75. The second kappa shape index (κ2) is 7.53. The Hall–Kier alpha value is -2.04. The number of methoxy groups -OCH3 is 1. The van der Waals surface area contributed by atoms with Gasteiger partial charge in [0.25, 0.3) is 0 Å². The van der Waals surface area contributed by atoms with Crippen molar-refractivity contribution >= 4 is 11.8 Å². The minimum absolute atomic E-state index is 0.00968. The Morgan fingerprint density at radius 1 is 1.10 bits per heavy atom. The molecule has 0 bridgehead atoms. The molecule has 20 heavy (non-hydrogen) atoms. The van der Waals surface area contributed by atoms with Gasteiger partial charge in [0.15, 0.2) is 0 Å². The van der Waals surface area contributed by atoms with Crippen molar-refractivity contribution in [3.8, 4) is 5.75 Å². The summed E-state index contributed by atoms with van der Waals surface area (Å²) in [4.78, 5) is 23.4. The zero-order chi connectivity index (χ0) is 15.1. The minimum Gasteiger partial charge on any atom is -0.497 e. The van der Waals surface area contributed by atoms with Crippen LogP contribution in [0.5, 0.6) is 5.75 Å². The largest absolute Gasteiger partial charge is 0.497 e. The van der Waals surface area contributed by atoms with Crippen LogP contribution >= 0.6 is 0 Å². The third-order valence-corrected chi connectivity index (χ3v) is 3.16. The van der Waals surface area contributed by atoms with Crippen LogP contribution in [0, 0.1) is 0 Å². The van der Waals surface area contributed by atoms with Gasteiger partial charge in [-0.1, -0.05) is 19.1 Å². The second-order valence-corrected chi connectivity index (χ2v) is 4.75. The van der Waals surface area contributed by atoms with Crippen molar-refractivity contribution in [3.63, 3.8) is 0 Å². The predicted molar refractivity (Wildman–Crippen MR) is 77.4 cm³/mol. The number of carbonyl (C=O) groups excluding carboxylic acids is 2. The molecule has 0 aliphatic rings. The third kappa shape index (κ3) is 4.57. The van der Waals surface area contributed by atoms with E-state index in [0.29, 0.717) is 0 Å². The first-order valence-electron chi connectivity index (χ1n) is 6.73. The smallest absolute Gasteiger partial charge is 0.309 e. The Labute approximate surface area is 119 Å². The van der Waals surface area contributed by atoms with Crippen molar-refractivity contribution < 1.29 is 14.3 Å². The lowest BCUT2D eigenvalue weighted by atomic mass is 10.1. The topological polar surface area (TPSA) is 67.4 Å². The summed E-state index contributed by atoms with van der Waals surface area (Å²) in [5.74, 6) is -0.463. The van der Waals surface area contributed by atoms with E-state index in [0.717, 1.165) is 17.7 Å². The van der Waals surface area contributed by atoms with Crippen LogP contribution in [0.15, 0.2) is 24.3 Å². The molecule has 0 aliphatic carbocycles. The summed E-state index contributed by atoms with van der Waals surface area (Å²) in [6.07, 6.45) is 0.785. The molecule has 1 aromatic carbocycles. The Balaban J connectivity index is 2.58. The van der Waals surface area contributed by atoms with Gasteiger partial charge in [-0.15, -0.1) is 0 Å². The Morgan fingerprint density at radius 2 is 1.65 bits per heavy atom. The number of nitrogens with one attached hydrogen (secondary N) is 2. The highest BCUT2D eigenvalue weighted by molar-refractivity contribution is 6.35. The molecule has 0 saturated heterocycles. The molecule has 2 N–H and O–H groups in total. The van der Waals surface area contributed by atoms with Crippen molar-refractivity contribution in [2.45, 2.75) is 39.3 Å². The quantitative estimate of drug-likeness (QED) is 0.807. The van der Waals surface area contributed by atoms with Gasteiger partial charge in [-0.3, -0.25) is 9.59 Å². The van der Waals surface area contributed by atoms with Crippen LogP contribution in [0.25, 0.3) is 0 Å². The van der Waals surface area contributed by atoms with Crippen LogP contribution in [0.3, 0.4) is 0 Å². The predicted octanol–water partition coefficient (Wildman–Crippen LogP) is 1.79. The SMILES string of the molecule is CC[C@H](C)NC(=O)C(=O)N[C@@H](C)c1ccc(OC)cc1. The lowest BCUT2D eigenvalue weighted by Gasteiger charge is -2.16. The van der Waals surface area contributed by atoms with E-state index in [2.05, 4.69) is 10.6 Å². The number of hydrogen-bond acceptors (Lipinski definition) is 3. The van der Waals surface area contributed by atoms with E-state index >= 15 is 0 Å². The van der Waals surface area contributed by atoms with Crippen LogP contribution < -0.4 is 15.4 Å². The summed E-state index contributed by atoms with van der Waals surface area (Å²) in [5, 5.41) is 5.30. The van der Waals surface area contributed by atoms with Crippen molar-refractivity contribution in [2.75, 3.05) is 7.11 Å². The molecule has 5 nitrogen and oxygen atoms in total. The maximum atomic E-state index is 11.8. The summed E-state index contributed by atoms with van der Waals surface area (Å²) in [6, 6.07) is 7.10. The summed E-state index contributed by atoms with van der Waals surface area (Å²) < 4.78 is 5.07. The fourth-order valence-corrected chi connectivity index (χ4v) is 1.63. The number of benzene rings is 1. The molecule has 1 aromatic rings. The molecule has 0 unspecified atom stereocenters. The van der Waals surface area contributed by atoms with Crippen LogP contribution in [-0.4, -0.2) is 25.0 Å². The Kier molecular flexibility index (Phi) is 6.03. The highest BCUT2D eigenvalue weighted by Crippen LogP contribution is 2.17. The first kappa shape index (κ1) is 16.0. The van der Waals surface area contributed by atoms with E-state index in [9.17, 15) is 9.59 Å². The van der Waals surface area contributed by atoms with Crippen molar-refractivity contribution in [3.05, 3.63) is 29.8 Å². The maximum absolute atomic E-state index is 11.8. The molecule has 0 aromatic heterocycles. The maximum Gasteiger partial charge on any atom is 0.309 e. The van der Waals surface area contributed by atoms with Gasteiger partial charge < -0.3 is 15.4 Å². The van der Waals surface area contributed by atoms with Crippen LogP contribution in [0.1, 0.15) is 38.8 Å². The molecule has 5 heteroatoms. The fourth-order valence-electron chi connectivity index (χ4n) is 1.63. The summed E-state index contributed by atoms with van der Waals surface area (Å²) in [5.41, 5.74) is 0.912. The highest BCUT2D eigenvalue weighted by atomic mass is 16.5. The average Bonchev–Trinajstić information content (AvgIpc) is 2.46. The normalized spacial score (nSPS) is 13.2. The van der Waals surface area contributed by atoms with E-state index in [1.165, 1.54) is 0 Å². The molecule has 2 atom stereocenters. The lowest BCUT2D eigenvalue weighted by molar-refractivity contribution is -0.140. The molecule has 0 radical (unpaired) electrons. The van der Waals surface area contributed by atoms with Crippen LogP contribution in [-0.2, 0) is 9.59 Å². The summed E-state index contributed by atoms with van der Waals surface area (Å²) in [7, 11) is 1.60. The van der Waals surface area contributed by atoms with Crippen LogP contribution in [0.4, 0.5) is 0 Å². The standard InChI is InChI=1S/C15H22N2O3/c1-5-10(2)16-14(18)15(19)17-11(3)12-6-8-13(20-4)9-7-12/h6-11H,5H2,1-4H3,(H,16,18)(H,17,19)/t10-,11-/m0/s1. The summed E-state index contributed by atoms with van der Waals surface area (Å²) in [6.45, 7) is 5.64. The monoisotopic (exact) mass is 278 g/mol. The molecule has 2 amide bonds. The first-order valence-corrected chi connectivity index (χ1v) is 6.73. The van der Waals surface area contributed by atoms with Gasteiger partial charge in [-0.05, 0) is 38.0 Å². The third-order valence-electron chi connectivity index (χ3n) is 3.16. The fraction of sp³-hybridized carbons (Fsp3) is 0.467. The molecule has 1 rings (SSSR count). The molecule has 0 aliphatic heterocycles. The number of hydrogen-bond donors (Lipinski definition) is 2. The van der Waals surface area contributed by atoms with Crippen molar-refractivity contribution in [1.82, 2.24) is 10.6 Å². The van der Waals surface area contributed by atoms with Gasteiger partial charge in [0.2, 0.25) is 0 Å². The minimum atomic E-state index is -0.617. The zero-order valence-electron chi connectivity index (χ0n) is 12.4. The van der Waals surface area contributed by atoms with Gasteiger partial charge >= 0.3 is 11.8 Å². The van der Waals surface area contributed by atoms with Crippen LogP contribution in [0.2, 0.25) is 0 Å². The Bertz CT molecular complexity index is 457. The van der Waals surface area contributed by atoms with Gasteiger partial charge in [0.1, 0.15) is 5.75 Å². The van der Waals surface area contributed by atoms with E-state index in [1.54, 1.807) is 7.11 Å². The van der Waals surface area contributed by atoms with Gasteiger partial charge in [-0.2, -0.15) is 0 Å². The molecular weight excluding hydrogens is 256 g/mol. The number of carbonyl (C=O) groups is 2. The number of ether oxygens (including phenoxy) is 1. The average molecular weight is 278 g/mol. The van der Waals surface area contributed by atoms with Crippen molar-refractivity contribution in [2.24, 2.45) is 0 Å². The van der Waals surface area contributed by atoms with Gasteiger partial charge in [-0.25, -0.2) is 0 Å². The molecule has 0 fully saturated rings. The molecule has 0 spiro atoms. The van der Waals surface area contributed by atoms with Crippen molar-refractivity contribution in [1.29, 1.82) is 0 Å². The first-order chi connectivity index (χ1) is 9.47. The number of rotatable bonds is 5. The molecule has 0 heterocycles. The lowest BCUT2D eigenvalue weighted by Crippen LogP contribution is -2.44. The van der Waals surface area contributed by atoms with E-state index in [-0.39, 0.29) is 12.1 Å². The molecular formula is C15H22N2O3.